The van der Waals surface area contributed by atoms with Crippen LogP contribution >= 0.6 is 23.2 Å². The number of halogens is 2. The Morgan fingerprint density at radius 1 is 1.08 bits per heavy atom. The number of nitrogens with zero attached hydrogens (tertiary/aromatic N) is 2. The van der Waals surface area contributed by atoms with Crippen LogP contribution in [-0.4, -0.2) is 43.5 Å². The van der Waals surface area contributed by atoms with Crippen LogP contribution in [0.25, 0.3) is 0 Å². The number of para-hydroxylation sites is 1. The second kappa shape index (κ2) is 8.76. The first-order chi connectivity index (χ1) is 12.5. The Hall–Kier alpha value is -1.75. The van der Waals surface area contributed by atoms with E-state index in [0.29, 0.717) is 16.6 Å². The van der Waals surface area contributed by atoms with E-state index in [1.54, 1.807) is 6.07 Å². The van der Waals surface area contributed by atoms with Gasteiger partial charge in [0.2, 0.25) is 0 Å². The quantitative estimate of drug-likeness (QED) is 0.849. The molecule has 3 rings (SSSR count). The zero-order chi connectivity index (χ0) is 18.5. The highest BCUT2D eigenvalue weighted by molar-refractivity contribution is 6.35. The van der Waals surface area contributed by atoms with Crippen LogP contribution in [0.1, 0.15) is 18.5 Å². The van der Waals surface area contributed by atoms with E-state index in [9.17, 15) is 4.79 Å². The predicted octanol–water partition coefficient (Wildman–Crippen LogP) is 2.97. The number of carbonyl (C=O) groups is 1. The van der Waals surface area contributed by atoms with Crippen LogP contribution in [0.4, 0.5) is 5.69 Å². The average Bonchev–Trinajstić information content (AvgIpc) is 2.66. The standard InChI is InChI=1S/C20H23Cl2N3O/c1-15(18-8-7-16(21)13-19(18)22)23-14-20(26)25-11-9-24(10-12-25)17-5-3-2-4-6-17/h2-8,13,15,23H,9-12,14H2,1H3/p+1/t15-/m0/s1. The lowest BCUT2D eigenvalue weighted by molar-refractivity contribution is -0.683. The van der Waals surface area contributed by atoms with Crippen LogP contribution in [0.3, 0.4) is 0 Å². The molecule has 1 atom stereocenters. The summed E-state index contributed by atoms with van der Waals surface area (Å²) in [5.41, 5.74) is 2.22. The lowest BCUT2D eigenvalue weighted by Crippen LogP contribution is -2.87. The van der Waals surface area contributed by atoms with Gasteiger partial charge >= 0.3 is 0 Å². The molecule has 1 saturated heterocycles. The summed E-state index contributed by atoms with van der Waals surface area (Å²) in [6.45, 7) is 5.74. The van der Waals surface area contributed by atoms with E-state index in [-0.39, 0.29) is 11.9 Å². The summed E-state index contributed by atoms with van der Waals surface area (Å²) in [5.74, 6) is 0.176. The molecule has 138 valence electrons. The van der Waals surface area contributed by atoms with Crippen LogP contribution in [-0.2, 0) is 4.79 Å². The van der Waals surface area contributed by atoms with E-state index in [0.717, 1.165) is 31.7 Å². The van der Waals surface area contributed by atoms with Gasteiger partial charge in [-0.3, -0.25) is 4.79 Å². The first-order valence-electron chi connectivity index (χ1n) is 8.90. The minimum Gasteiger partial charge on any atom is -0.368 e. The fourth-order valence-electron chi connectivity index (χ4n) is 3.26. The third-order valence-electron chi connectivity index (χ3n) is 4.85. The number of benzene rings is 2. The summed E-state index contributed by atoms with van der Waals surface area (Å²) >= 11 is 12.2. The molecule has 0 aliphatic carbocycles. The zero-order valence-electron chi connectivity index (χ0n) is 14.9. The van der Waals surface area contributed by atoms with E-state index in [1.807, 2.05) is 40.5 Å². The van der Waals surface area contributed by atoms with Crippen molar-refractivity contribution >= 4 is 34.8 Å². The van der Waals surface area contributed by atoms with E-state index < -0.39 is 0 Å². The third-order valence-corrected chi connectivity index (χ3v) is 5.42. The van der Waals surface area contributed by atoms with Crippen LogP contribution in [0.15, 0.2) is 48.5 Å². The topological polar surface area (TPSA) is 40.2 Å². The fourth-order valence-corrected chi connectivity index (χ4v) is 3.84. The van der Waals surface area contributed by atoms with Crippen molar-refractivity contribution in [2.45, 2.75) is 13.0 Å². The number of anilines is 1. The van der Waals surface area contributed by atoms with Crippen molar-refractivity contribution in [3.8, 4) is 0 Å². The number of nitrogens with two attached hydrogens (primary N) is 1. The number of carbonyl (C=O) groups excluding carboxylic acids is 1. The summed E-state index contributed by atoms with van der Waals surface area (Å²) in [6, 6.07) is 15.9. The molecule has 26 heavy (non-hydrogen) atoms. The summed E-state index contributed by atoms with van der Waals surface area (Å²) in [4.78, 5) is 16.8. The summed E-state index contributed by atoms with van der Waals surface area (Å²) in [5, 5.41) is 3.30. The van der Waals surface area contributed by atoms with Gasteiger partial charge in [-0.2, -0.15) is 0 Å². The van der Waals surface area contributed by atoms with E-state index in [4.69, 9.17) is 23.2 Å². The molecule has 1 fully saturated rings. The van der Waals surface area contributed by atoms with Gasteiger partial charge < -0.3 is 15.1 Å². The van der Waals surface area contributed by atoms with Crippen LogP contribution in [0, 0.1) is 0 Å². The molecule has 0 spiro atoms. The molecule has 6 heteroatoms. The zero-order valence-corrected chi connectivity index (χ0v) is 16.4. The molecule has 0 saturated carbocycles. The number of piperazine rings is 1. The summed E-state index contributed by atoms with van der Waals surface area (Å²) in [7, 11) is 0. The van der Waals surface area contributed by atoms with E-state index in [1.165, 1.54) is 5.69 Å². The van der Waals surface area contributed by atoms with Crippen molar-refractivity contribution in [1.82, 2.24) is 4.90 Å². The molecule has 1 amide bonds. The smallest absolute Gasteiger partial charge is 0.277 e. The van der Waals surface area contributed by atoms with Crippen molar-refractivity contribution in [3.63, 3.8) is 0 Å². The van der Waals surface area contributed by atoms with Gasteiger partial charge in [0, 0.05) is 42.5 Å². The molecule has 2 N–H and O–H groups in total. The number of amides is 1. The fraction of sp³-hybridized carbons (Fsp3) is 0.350. The molecule has 4 nitrogen and oxygen atoms in total. The van der Waals surface area contributed by atoms with Crippen LogP contribution in [0.5, 0.6) is 0 Å². The van der Waals surface area contributed by atoms with Gasteiger partial charge in [-0.1, -0.05) is 47.5 Å². The molecule has 1 aliphatic rings. The SMILES string of the molecule is C[C@H]([NH2+]CC(=O)N1CCN(c2ccccc2)CC1)c1ccc(Cl)cc1Cl. The largest absolute Gasteiger partial charge is 0.368 e. The van der Waals surface area contributed by atoms with E-state index in [2.05, 4.69) is 24.0 Å². The average molecular weight is 393 g/mol. The molecule has 2 aromatic carbocycles. The first-order valence-corrected chi connectivity index (χ1v) is 9.66. The molecule has 2 aromatic rings. The van der Waals surface area contributed by atoms with Gasteiger partial charge in [0.15, 0.2) is 6.54 Å². The Morgan fingerprint density at radius 3 is 2.42 bits per heavy atom. The normalized spacial score (nSPS) is 15.8. The van der Waals surface area contributed by atoms with Crippen molar-refractivity contribution < 1.29 is 10.1 Å². The lowest BCUT2D eigenvalue weighted by atomic mass is 10.1. The maximum absolute atomic E-state index is 12.5. The molecule has 1 aliphatic heterocycles. The highest BCUT2D eigenvalue weighted by Crippen LogP contribution is 2.24. The number of quaternary nitrogens is 1. The molecule has 0 unspecified atom stereocenters. The Labute approximate surface area is 164 Å². The molecule has 0 aromatic heterocycles. The Bertz CT molecular complexity index is 746. The van der Waals surface area contributed by atoms with Gasteiger partial charge in [-0.25, -0.2) is 0 Å². The minimum atomic E-state index is 0.106. The highest BCUT2D eigenvalue weighted by Gasteiger charge is 2.23. The lowest BCUT2D eigenvalue weighted by Gasteiger charge is -2.35. The number of rotatable bonds is 5. The molecule has 0 radical (unpaired) electrons. The second-order valence-corrected chi connectivity index (χ2v) is 7.44. The third kappa shape index (κ3) is 4.70. The van der Waals surface area contributed by atoms with Gasteiger partial charge in [0.25, 0.3) is 5.91 Å². The van der Waals surface area contributed by atoms with E-state index >= 15 is 0 Å². The molecule has 1 heterocycles. The van der Waals surface area contributed by atoms with Gasteiger partial charge in [-0.15, -0.1) is 0 Å². The second-order valence-electron chi connectivity index (χ2n) is 6.60. The Morgan fingerprint density at radius 2 is 1.77 bits per heavy atom. The van der Waals surface area contributed by atoms with Crippen LogP contribution in [0.2, 0.25) is 10.0 Å². The first kappa shape index (κ1) is 19.0. The summed E-state index contributed by atoms with van der Waals surface area (Å²) < 4.78 is 0. The van der Waals surface area contributed by atoms with Crippen molar-refractivity contribution in [3.05, 3.63) is 64.1 Å². The van der Waals surface area contributed by atoms with Crippen molar-refractivity contribution in [2.75, 3.05) is 37.6 Å². The predicted molar refractivity (Wildman–Crippen MR) is 107 cm³/mol. The van der Waals surface area contributed by atoms with Crippen molar-refractivity contribution in [2.24, 2.45) is 0 Å². The Kier molecular flexibility index (Phi) is 6.41. The minimum absolute atomic E-state index is 0.106. The van der Waals surface area contributed by atoms with Gasteiger partial charge in [0.1, 0.15) is 6.04 Å². The number of hydrogen-bond acceptors (Lipinski definition) is 2. The van der Waals surface area contributed by atoms with Crippen molar-refractivity contribution in [1.29, 1.82) is 0 Å². The molecular weight excluding hydrogens is 369 g/mol. The van der Waals surface area contributed by atoms with Gasteiger partial charge in [-0.05, 0) is 31.2 Å². The molecular formula is C20H24Cl2N3O+. The monoisotopic (exact) mass is 392 g/mol. The highest BCUT2D eigenvalue weighted by atomic mass is 35.5. The number of hydrogen-bond donors (Lipinski definition) is 1. The summed E-state index contributed by atoms with van der Waals surface area (Å²) in [6.07, 6.45) is 0. The van der Waals surface area contributed by atoms with Gasteiger partial charge in [0.05, 0.1) is 5.02 Å². The van der Waals surface area contributed by atoms with Crippen LogP contribution < -0.4 is 10.2 Å². The Balaban J connectivity index is 1.48. The maximum atomic E-state index is 12.5. The maximum Gasteiger partial charge on any atom is 0.277 e. The molecule has 0 bridgehead atoms.